The molecule has 0 saturated heterocycles. The van der Waals surface area contributed by atoms with Crippen LogP contribution in [0.25, 0.3) is 0 Å². The molecule has 0 radical (unpaired) electrons. The zero-order chi connectivity index (χ0) is 29.4. The van der Waals surface area contributed by atoms with Crippen molar-refractivity contribution in [3.05, 3.63) is 108 Å². The molecular weight excluding hydrogens is 538 g/mol. The van der Waals surface area contributed by atoms with Crippen LogP contribution in [0.4, 0.5) is 16.2 Å². The Bertz CT molecular complexity index is 1570. The lowest BCUT2D eigenvalue weighted by atomic mass is 10.1. The normalized spacial score (nSPS) is 11.1. The number of anilines is 2. The second-order valence-electron chi connectivity index (χ2n) is 9.67. The van der Waals surface area contributed by atoms with Crippen LogP contribution >= 0.6 is 0 Å². The van der Waals surface area contributed by atoms with Crippen molar-refractivity contribution in [2.24, 2.45) is 0 Å². The van der Waals surface area contributed by atoms with Gasteiger partial charge in [-0.05, 0) is 86.8 Å². The molecular formula is C32H35N3O5S. The number of methoxy groups -OCH3 is 1. The van der Waals surface area contributed by atoms with E-state index in [0.29, 0.717) is 51.1 Å². The molecule has 0 atom stereocenters. The highest BCUT2D eigenvalue weighted by atomic mass is 32.2. The molecule has 0 heterocycles. The average molecular weight is 574 g/mol. The van der Waals surface area contributed by atoms with Crippen LogP contribution in [-0.4, -0.2) is 34.6 Å². The number of ether oxygens (including phenoxy) is 2. The summed E-state index contributed by atoms with van der Waals surface area (Å²) in [5.41, 5.74) is 3.57. The van der Waals surface area contributed by atoms with E-state index in [1.165, 1.54) is 7.11 Å². The van der Waals surface area contributed by atoms with Crippen LogP contribution in [0.3, 0.4) is 0 Å². The first kappa shape index (κ1) is 29.6. The van der Waals surface area contributed by atoms with Crippen molar-refractivity contribution in [3.8, 4) is 17.2 Å². The predicted molar refractivity (Wildman–Crippen MR) is 163 cm³/mol. The van der Waals surface area contributed by atoms with Gasteiger partial charge in [0.2, 0.25) is 10.0 Å². The highest BCUT2D eigenvalue weighted by Gasteiger charge is 2.21. The molecule has 0 aliphatic heterocycles. The number of sulfonamides is 1. The number of hydrogen-bond acceptors (Lipinski definition) is 5. The molecule has 9 heteroatoms. The zero-order valence-corrected chi connectivity index (χ0v) is 24.5. The van der Waals surface area contributed by atoms with E-state index < -0.39 is 10.0 Å². The first-order chi connectivity index (χ1) is 19.7. The fourth-order valence-electron chi connectivity index (χ4n) is 4.70. The summed E-state index contributed by atoms with van der Waals surface area (Å²) >= 11 is 0. The number of benzene rings is 4. The summed E-state index contributed by atoms with van der Waals surface area (Å²) in [6, 6.07) is 27.1. The number of rotatable bonds is 11. The maximum absolute atomic E-state index is 13.5. The van der Waals surface area contributed by atoms with Gasteiger partial charge in [-0.3, -0.25) is 4.90 Å². The molecule has 4 rings (SSSR count). The minimum Gasteiger partial charge on any atom is -0.495 e. The summed E-state index contributed by atoms with van der Waals surface area (Å²) in [4.78, 5) is 15.3. The topological polar surface area (TPSA) is 97.0 Å². The minimum atomic E-state index is -3.72. The Balaban J connectivity index is 1.49. The van der Waals surface area contributed by atoms with E-state index in [1.807, 2.05) is 61.5 Å². The van der Waals surface area contributed by atoms with Crippen LogP contribution in [0.15, 0.2) is 95.9 Å². The summed E-state index contributed by atoms with van der Waals surface area (Å²) in [5, 5.41) is 2.91. The molecule has 4 aromatic carbocycles. The van der Waals surface area contributed by atoms with Crippen LogP contribution in [-0.2, 0) is 10.0 Å². The standard InChI is InChI=1S/C32H35N3O5S/c1-23-21-24(2)31(25(3)22-23)41(37,38)33-19-10-20-35(32(36)34-29-13-8-9-14-30(29)39-4)26-15-17-28(18-16-26)40-27-11-6-5-7-12-27/h5-9,11-18,21-22,33H,10,19-20H2,1-4H3,(H,34,36). The van der Waals surface area contributed by atoms with E-state index in [1.54, 1.807) is 55.1 Å². The van der Waals surface area contributed by atoms with Crippen molar-refractivity contribution >= 4 is 27.4 Å². The number of amides is 2. The summed E-state index contributed by atoms with van der Waals surface area (Å²) in [6.45, 7) is 5.94. The molecule has 0 unspecified atom stereocenters. The lowest BCUT2D eigenvalue weighted by molar-refractivity contribution is 0.256. The second kappa shape index (κ2) is 13.3. The van der Waals surface area contributed by atoms with Gasteiger partial charge in [0.15, 0.2) is 0 Å². The minimum absolute atomic E-state index is 0.155. The Morgan fingerprint density at radius 3 is 2.10 bits per heavy atom. The van der Waals surface area contributed by atoms with E-state index >= 15 is 0 Å². The van der Waals surface area contributed by atoms with Crippen LogP contribution < -0.4 is 24.4 Å². The number of nitrogens with one attached hydrogen (secondary N) is 2. The zero-order valence-electron chi connectivity index (χ0n) is 23.7. The molecule has 214 valence electrons. The van der Waals surface area contributed by atoms with Crippen LogP contribution in [0.1, 0.15) is 23.1 Å². The predicted octanol–water partition coefficient (Wildman–Crippen LogP) is 6.82. The molecule has 2 amide bonds. The van der Waals surface area contributed by atoms with Gasteiger partial charge in [0.25, 0.3) is 0 Å². The van der Waals surface area contributed by atoms with Gasteiger partial charge in [-0.25, -0.2) is 17.9 Å². The highest BCUT2D eigenvalue weighted by molar-refractivity contribution is 7.89. The van der Waals surface area contributed by atoms with E-state index in [2.05, 4.69) is 10.0 Å². The van der Waals surface area contributed by atoms with Gasteiger partial charge in [0.1, 0.15) is 17.2 Å². The maximum atomic E-state index is 13.5. The van der Waals surface area contributed by atoms with Gasteiger partial charge in [-0.2, -0.15) is 0 Å². The van der Waals surface area contributed by atoms with Gasteiger partial charge < -0.3 is 14.8 Å². The highest BCUT2D eigenvalue weighted by Crippen LogP contribution is 2.27. The van der Waals surface area contributed by atoms with Crippen molar-refractivity contribution in [3.63, 3.8) is 0 Å². The van der Waals surface area contributed by atoms with Crippen molar-refractivity contribution in [2.75, 3.05) is 30.4 Å². The Labute approximate surface area is 242 Å². The lowest BCUT2D eigenvalue weighted by Crippen LogP contribution is -2.37. The first-order valence-corrected chi connectivity index (χ1v) is 14.8. The van der Waals surface area contributed by atoms with Crippen LogP contribution in [0.2, 0.25) is 0 Å². The number of carbonyl (C=O) groups is 1. The van der Waals surface area contributed by atoms with Gasteiger partial charge in [-0.15, -0.1) is 0 Å². The summed E-state index contributed by atoms with van der Waals surface area (Å²) in [5.74, 6) is 1.86. The largest absolute Gasteiger partial charge is 0.495 e. The van der Waals surface area contributed by atoms with Gasteiger partial charge >= 0.3 is 6.03 Å². The van der Waals surface area contributed by atoms with Crippen molar-refractivity contribution in [1.29, 1.82) is 0 Å². The third-order valence-corrected chi connectivity index (χ3v) is 8.21. The average Bonchev–Trinajstić information content (AvgIpc) is 2.93. The van der Waals surface area contributed by atoms with Crippen molar-refractivity contribution in [1.82, 2.24) is 4.72 Å². The molecule has 0 aliphatic carbocycles. The lowest BCUT2D eigenvalue weighted by Gasteiger charge is -2.24. The molecule has 4 aromatic rings. The smallest absolute Gasteiger partial charge is 0.326 e. The Morgan fingerprint density at radius 1 is 0.829 bits per heavy atom. The number of aryl methyl sites for hydroxylation is 3. The third kappa shape index (κ3) is 7.65. The van der Waals surface area contributed by atoms with Gasteiger partial charge in [0.05, 0.1) is 17.7 Å². The molecule has 0 aromatic heterocycles. The van der Waals surface area contributed by atoms with Gasteiger partial charge in [0, 0.05) is 18.8 Å². The molecule has 0 bridgehead atoms. The second-order valence-corrected chi connectivity index (χ2v) is 11.4. The monoisotopic (exact) mass is 573 g/mol. The first-order valence-electron chi connectivity index (χ1n) is 13.3. The van der Waals surface area contributed by atoms with Gasteiger partial charge in [-0.1, -0.05) is 48.0 Å². The van der Waals surface area contributed by atoms with E-state index in [0.717, 1.165) is 5.56 Å². The molecule has 0 saturated carbocycles. The number of hydrogen-bond donors (Lipinski definition) is 2. The Morgan fingerprint density at radius 2 is 1.44 bits per heavy atom. The Kier molecular flexibility index (Phi) is 9.65. The fourth-order valence-corrected chi connectivity index (χ4v) is 6.23. The Hall–Kier alpha value is -4.34. The molecule has 41 heavy (non-hydrogen) atoms. The summed E-state index contributed by atoms with van der Waals surface area (Å²) < 4.78 is 40.2. The van der Waals surface area contributed by atoms with E-state index in [4.69, 9.17) is 9.47 Å². The molecule has 0 aliphatic rings. The number of urea groups is 1. The SMILES string of the molecule is COc1ccccc1NC(=O)N(CCCNS(=O)(=O)c1c(C)cc(C)cc1C)c1ccc(Oc2ccccc2)cc1. The van der Waals surface area contributed by atoms with E-state index in [-0.39, 0.29) is 19.1 Å². The molecule has 0 fully saturated rings. The number of nitrogens with zero attached hydrogens (tertiary/aromatic N) is 1. The number of carbonyl (C=O) groups excluding carboxylic acids is 1. The number of para-hydroxylation sites is 3. The fraction of sp³-hybridized carbons (Fsp3) is 0.219. The quantitative estimate of drug-likeness (QED) is 0.192. The maximum Gasteiger partial charge on any atom is 0.326 e. The van der Waals surface area contributed by atoms with Crippen LogP contribution in [0, 0.1) is 20.8 Å². The summed E-state index contributed by atoms with van der Waals surface area (Å²) in [6.07, 6.45) is 0.380. The van der Waals surface area contributed by atoms with Crippen LogP contribution in [0.5, 0.6) is 17.2 Å². The summed E-state index contributed by atoms with van der Waals surface area (Å²) in [7, 11) is -2.18. The molecule has 0 spiro atoms. The van der Waals surface area contributed by atoms with Crippen molar-refractivity contribution < 1.29 is 22.7 Å². The third-order valence-electron chi connectivity index (χ3n) is 6.45. The molecule has 8 nitrogen and oxygen atoms in total. The van der Waals surface area contributed by atoms with Crippen molar-refractivity contribution in [2.45, 2.75) is 32.1 Å². The molecule has 2 N–H and O–H groups in total. The van der Waals surface area contributed by atoms with E-state index in [9.17, 15) is 13.2 Å².